The molecule has 0 bridgehead atoms. The number of hydrazine groups is 1. The predicted molar refractivity (Wildman–Crippen MR) is 101 cm³/mol. The van der Waals surface area contributed by atoms with Crippen molar-refractivity contribution in [3.8, 4) is 0 Å². The van der Waals surface area contributed by atoms with Gasteiger partial charge in [-0.2, -0.15) is 0 Å². The van der Waals surface area contributed by atoms with Gasteiger partial charge in [0.25, 0.3) is 0 Å². The molecule has 2 aromatic rings. The van der Waals surface area contributed by atoms with Gasteiger partial charge < -0.3 is 10.0 Å². The molecule has 5 rings (SSSR count). The molecule has 6 nitrogen and oxygen atoms in total. The molecule has 25 heavy (non-hydrogen) atoms. The Hall–Kier alpha value is -1.70. The molecule has 3 unspecified atom stereocenters. The highest BCUT2D eigenvalue weighted by molar-refractivity contribution is 7.19. The summed E-state index contributed by atoms with van der Waals surface area (Å²) in [5.74, 6) is 1.57. The number of aliphatic hydroxyl groups is 1. The van der Waals surface area contributed by atoms with Crippen LogP contribution in [0.4, 0.5) is 11.4 Å². The monoisotopic (exact) mass is 357 g/mol. The van der Waals surface area contributed by atoms with Gasteiger partial charge in [-0.1, -0.05) is 6.42 Å². The van der Waals surface area contributed by atoms with E-state index in [1.165, 1.54) is 19.3 Å². The number of rotatable bonds is 2. The number of aliphatic hydroxyl groups excluding tert-OH is 1. The number of aliphatic imine (C=N–C) groups is 1. The van der Waals surface area contributed by atoms with Crippen molar-refractivity contribution in [3.63, 3.8) is 0 Å². The third-order valence-electron chi connectivity index (χ3n) is 5.88. The Kier molecular flexibility index (Phi) is 3.52. The molecule has 0 aromatic carbocycles. The molecule has 3 atom stereocenters. The molecular weight excluding hydrogens is 334 g/mol. The lowest BCUT2D eigenvalue weighted by atomic mass is 10.0. The molecule has 2 fully saturated rings. The minimum absolute atomic E-state index is 0.666. The Bertz CT molecular complexity index is 835. The summed E-state index contributed by atoms with van der Waals surface area (Å²) in [6, 6.07) is 2.01. The third-order valence-corrected chi connectivity index (χ3v) is 7.00. The standard InChI is InChI=1S/C18H23N5OS/c1-21(2)13-6-7-19-17-14(13)15-16(25-17)18(24)23(10-20-15)22-8-11-4-3-5-12(11)9-22/h6-7,10-12,18,24H,3-5,8-9H2,1-2H3. The van der Waals surface area contributed by atoms with Crippen molar-refractivity contribution in [2.45, 2.75) is 25.5 Å². The first kappa shape index (κ1) is 15.5. The Labute approximate surface area is 151 Å². The lowest BCUT2D eigenvalue weighted by molar-refractivity contribution is -0.0751. The van der Waals surface area contributed by atoms with Crippen molar-refractivity contribution < 1.29 is 5.11 Å². The van der Waals surface area contributed by atoms with E-state index in [0.29, 0.717) is 0 Å². The highest BCUT2D eigenvalue weighted by Crippen LogP contribution is 2.48. The Morgan fingerprint density at radius 1 is 1.24 bits per heavy atom. The summed E-state index contributed by atoms with van der Waals surface area (Å²) in [5.41, 5.74) is 1.97. The minimum Gasteiger partial charge on any atom is -0.377 e. The van der Waals surface area contributed by atoms with Crippen LogP contribution in [0.1, 0.15) is 30.4 Å². The number of fused-ring (bicyclic) bond motifs is 4. The average molecular weight is 357 g/mol. The van der Waals surface area contributed by atoms with Crippen molar-refractivity contribution in [3.05, 3.63) is 17.1 Å². The van der Waals surface area contributed by atoms with E-state index < -0.39 is 6.23 Å². The summed E-state index contributed by atoms with van der Waals surface area (Å²) < 4.78 is 0. The summed E-state index contributed by atoms with van der Waals surface area (Å²) in [4.78, 5) is 13.2. The van der Waals surface area contributed by atoms with Crippen LogP contribution in [0.5, 0.6) is 0 Å². The summed E-state index contributed by atoms with van der Waals surface area (Å²) in [5, 5.41) is 16.3. The van der Waals surface area contributed by atoms with Crippen LogP contribution in [-0.4, -0.2) is 53.6 Å². The number of hydrogen-bond acceptors (Lipinski definition) is 7. The first-order valence-corrected chi connectivity index (χ1v) is 9.79. The van der Waals surface area contributed by atoms with Gasteiger partial charge in [-0.15, -0.1) is 11.3 Å². The molecule has 4 heterocycles. The molecule has 1 saturated carbocycles. The zero-order chi connectivity index (χ0) is 17.1. The SMILES string of the molecule is CN(C)c1ccnc2sc3c(c12)N=CN(N1CC2CCCC2C1)C3O. The van der Waals surface area contributed by atoms with E-state index in [-0.39, 0.29) is 0 Å². The van der Waals surface area contributed by atoms with E-state index in [1.807, 2.05) is 37.7 Å². The molecule has 7 heteroatoms. The molecule has 2 aliphatic heterocycles. The molecule has 0 spiro atoms. The maximum Gasteiger partial charge on any atom is 0.179 e. The zero-order valence-corrected chi connectivity index (χ0v) is 15.4. The van der Waals surface area contributed by atoms with Crippen LogP contribution in [0.25, 0.3) is 10.2 Å². The first-order valence-electron chi connectivity index (χ1n) is 8.97. The second-order valence-corrected chi connectivity index (χ2v) is 8.57. The zero-order valence-electron chi connectivity index (χ0n) is 14.6. The molecule has 1 N–H and O–H groups in total. The lowest BCUT2D eigenvalue weighted by Crippen LogP contribution is -2.44. The summed E-state index contributed by atoms with van der Waals surface area (Å²) in [7, 11) is 4.05. The second-order valence-electron chi connectivity index (χ2n) is 7.54. The minimum atomic E-state index is -0.666. The highest BCUT2D eigenvalue weighted by Gasteiger charge is 2.41. The third kappa shape index (κ3) is 2.29. The number of aromatic nitrogens is 1. The van der Waals surface area contributed by atoms with Gasteiger partial charge in [0.2, 0.25) is 0 Å². The number of anilines is 1. The summed E-state index contributed by atoms with van der Waals surface area (Å²) in [6.45, 7) is 2.07. The molecule has 0 radical (unpaired) electrons. The fourth-order valence-electron chi connectivity index (χ4n) is 4.61. The Balaban J connectivity index is 1.52. The molecule has 0 amide bonds. The summed E-state index contributed by atoms with van der Waals surface area (Å²) in [6.07, 6.45) is 6.99. The number of thiophene rings is 1. The maximum atomic E-state index is 11.0. The Morgan fingerprint density at radius 3 is 2.72 bits per heavy atom. The number of pyridine rings is 1. The van der Waals surface area contributed by atoms with Crippen LogP contribution in [0.15, 0.2) is 17.3 Å². The molecule has 3 aliphatic rings. The lowest BCUT2D eigenvalue weighted by Gasteiger charge is -2.36. The largest absolute Gasteiger partial charge is 0.377 e. The average Bonchev–Trinajstić information content (AvgIpc) is 3.27. The van der Waals surface area contributed by atoms with E-state index in [9.17, 15) is 5.11 Å². The van der Waals surface area contributed by atoms with Crippen molar-refractivity contribution >= 4 is 39.3 Å². The molecular formula is C18H23N5OS. The van der Waals surface area contributed by atoms with Crippen LogP contribution in [0.3, 0.4) is 0 Å². The van der Waals surface area contributed by atoms with Gasteiger partial charge in [-0.3, -0.25) is 5.01 Å². The Morgan fingerprint density at radius 2 is 2.00 bits per heavy atom. The fourth-order valence-corrected chi connectivity index (χ4v) is 5.70. The highest BCUT2D eigenvalue weighted by atomic mass is 32.1. The van der Waals surface area contributed by atoms with E-state index in [1.54, 1.807) is 11.3 Å². The van der Waals surface area contributed by atoms with Gasteiger partial charge in [0.1, 0.15) is 11.2 Å². The van der Waals surface area contributed by atoms with Gasteiger partial charge in [0.05, 0.1) is 21.6 Å². The van der Waals surface area contributed by atoms with Gasteiger partial charge in [0, 0.05) is 33.4 Å². The van der Waals surface area contributed by atoms with Gasteiger partial charge in [-0.05, 0) is 30.7 Å². The first-order chi connectivity index (χ1) is 12.1. The molecule has 1 saturated heterocycles. The van der Waals surface area contributed by atoms with Crippen LogP contribution >= 0.6 is 11.3 Å². The number of hydrogen-bond donors (Lipinski definition) is 1. The van der Waals surface area contributed by atoms with Crippen molar-refractivity contribution in [2.75, 3.05) is 32.1 Å². The smallest absolute Gasteiger partial charge is 0.179 e. The van der Waals surface area contributed by atoms with E-state index in [4.69, 9.17) is 4.99 Å². The van der Waals surface area contributed by atoms with Gasteiger partial charge >= 0.3 is 0 Å². The predicted octanol–water partition coefficient (Wildman–Crippen LogP) is 2.98. The van der Waals surface area contributed by atoms with Crippen LogP contribution in [-0.2, 0) is 0 Å². The van der Waals surface area contributed by atoms with Crippen molar-refractivity contribution in [2.24, 2.45) is 16.8 Å². The molecule has 132 valence electrons. The topological polar surface area (TPSA) is 55.2 Å². The molecule has 2 aromatic heterocycles. The van der Waals surface area contributed by atoms with Crippen molar-refractivity contribution in [1.82, 2.24) is 15.0 Å². The van der Waals surface area contributed by atoms with Crippen LogP contribution < -0.4 is 4.90 Å². The van der Waals surface area contributed by atoms with E-state index >= 15 is 0 Å². The van der Waals surface area contributed by atoms with Crippen molar-refractivity contribution in [1.29, 1.82) is 0 Å². The fraction of sp³-hybridized carbons (Fsp3) is 0.556. The number of nitrogens with zero attached hydrogens (tertiary/aromatic N) is 5. The maximum absolute atomic E-state index is 11.0. The van der Waals surface area contributed by atoms with E-state index in [0.717, 1.165) is 51.4 Å². The summed E-state index contributed by atoms with van der Waals surface area (Å²) >= 11 is 1.55. The second kappa shape index (κ2) is 5.65. The normalized spacial score (nSPS) is 28.6. The quantitative estimate of drug-likeness (QED) is 0.895. The molecule has 1 aliphatic carbocycles. The van der Waals surface area contributed by atoms with Crippen LogP contribution in [0.2, 0.25) is 0 Å². The van der Waals surface area contributed by atoms with E-state index in [2.05, 4.69) is 14.9 Å². The van der Waals surface area contributed by atoms with Gasteiger partial charge in [-0.25, -0.2) is 15.0 Å². The van der Waals surface area contributed by atoms with Gasteiger partial charge in [0.15, 0.2) is 6.23 Å². The van der Waals surface area contributed by atoms with Crippen LogP contribution in [0, 0.1) is 11.8 Å².